The number of anilines is 1. The van der Waals surface area contributed by atoms with E-state index in [4.69, 9.17) is 5.73 Å². The van der Waals surface area contributed by atoms with Crippen molar-refractivity contribution in [2.75, 3.05) is 5.32 Å². The van der Waals surface area contributed by atoms with E-state index in [9.17, 15) is 30.7 Å². The van der Waals surface area contributed by atoms with E-state index in [1.165, 1.54) is 0 Å². The molecule has 134 valence electrons. The van der Waals surface area contributed by atoms with Gasteiger partial charge in [-0.15, -0.1) is 0 Å². The Morgan fingerprint density at radius 2 is 1.48 bits per heavy atom. The largest absolute Gasteiger partial charge is 0.448 e. The van der Waals surface area contributed by atoms with Gasteiger partial charge in [-0.2, -0.15) is 13.2 Å². The Hall–Kier alpha value is -2.56. The molecule has 0 fully saturated rings. The summed E-state index contributed by atoms with van der Waals surface area (Å²) in [7, 11) is 0. The maximum atomic E-state index is 13.7. The number of rotatable bonds is 3. The van der Waals surface area contributed by atoms with Crippen molar-refractivity contribution in [3.05, 3.63) is 53.1 Å². The maximum Gasteiger partial charge on any atom is 0.416 e. The molecule has 25 heavy (non-hydrogen) atoms. The number of halogens is 7. The molecule has 0 aliphatic rings. The van der Waals surface area contributed by atoms with E-state index >= 15 is 0 Å². The van der Waals surface area contributed by atoms with Gasteiger partial charge in [0.1, 0.15) is 5.82 Å². The molecule has 0 aliphatic heterocycles. The first-order chi connectivity index (χ1) is 11.5. The van der Waals surface area contributed by atoms with Crippen LogP contribution in [0, 0.1) is 23.3 Å². The molecule has 0 spiro atoms. The molecule has 2 rings (SSSR count). The lowest BCUT2D eigenvalue weighted by Gasteiger charge is -2.13. The number of ether oxygens (including phenoxy) is 1. The zero-order valence-corrected chi connectivity index (χ0v) is 12.7. The first-order valence-corrected chi connectivity index (χ1v) is 6.69. The van der Waals surface area contributed by atoms with Crippen LogP contribution >= 0.6 is 12.2 Å². The molecule has 0 heterocycles. The van der Waals surface area contributed by atoms with Gasteiger partial charge in [0.2, 0.25) is 0 Å². The fraction of sp³-hybridized carbons (Fsp3) is 0.0714. The summed E-state index contributed by atoms with van der Waals surface area (Å²) in [6.07, 6.45) is -4.99. The van der Waals surface area contributed by atoms with Gasteiger partial charge < -0.3 is 15.8 Å². The summed E-state index contributed by atoms with van der Waals surface area (Å²) in [5.41, 5.74) is 3.08. The third kappa shape index (κ3) is 4.29. The molecule has 0 amide bonds. The van der Waals surface area contributed by atoms with Crippen molar-refractivity contribution in [2.24, 2.45) is 5.73 Å². The molecule has 0 saturated carbocycles. The molecule has 0 bridgehead atoms. The summed E-state index contributed by atoms with van der Waals surface area (Å²) < 4.78 is 96.8. The van der Waals surface area contributed by atoms with Crippen molar-refractivity contribution in [1.29, 1.82) is 0 Å². The van der Waals surface area contributed by atoms with E-state index in [0.717, 1.165) is 0 Å². The second kappa shape index (κ2) is 6.75. The van der Waals surface area contributed by atoms with Gasteiger partial charge in [-0.05, 0) is 24.4 Å². The molecule has 0 atom stereocenters. The van der Waals surface area contributed by atoms with E-state index < -0.39 is 52.2 Å². The minimum Gasteiger partial charge on any atom is -0.448 e. The van der Waals surface area contributed by atoms with Crippen LogP contribution in [0.25, 0.3) is 0 Å². The second-order valence-corrected chi connectivity index (χ2v) is 5.06. The van der Waals surface area contributed by atoms with E-state index in [2.05, 4.69) is 22.3 Å². The van der Waals surface area contributed by atoms with Crippen molar-refractivity contribution in [2.45, 2.75) is 6.18 Å². The Morgan fingerprint density at radius 1 is 0.920 bits per heavy atom. The van der Waals surface area contributed by atoms with E-state index in [1.807, 2.05) is 0 Å². The van der Waals surface area contributed by atoms with Gasteiger partial charge in [0.05, 0.1) is 11.3 Å². The van der Waals surface area contributed by atoms with Gasteiger partial charge in [0.25, 0.3) is 0 Å². The monoisotopic (exact) mass is 384 g/mol. The van der Waals surface area contributed by atoms with Gasteiger partial charge in [-0.25, -0.2) is 17.6 Å². The zero-order chi connectivity index (χ0) is 18.9. The van der Waals surface area contributed by atoms with Gasteiger partial charge in [-0.1, -0.05) is 0 Å². The molecular formula is C14H7F7N2OS. The molecule has 0 aliphatic carbocycles. The molecule has 3 N–H and O–H groups in total. The average Bonchev–Trinajstić information content (AvgIpc) is 2.45. The third-order valence-corrected chi connectivity index (χ3v) is 2.92. The van der Waals surface area contributed by atoms with Crippen LogP contribution in [0.1, 0.15) is 5.56 Å². The van der Waals surface area contributed by atoms with E-state index in [0.29, 0.717) is 12.1 Å². The highest BCUT2D eigenvalue weighted by molar-refractivity contribution is 7.80. The van der Waals surface area contributed by atoms with Crippen LogP contribution in [-0.4, -0.2) is 5.11 Å². The van der Waals surface area contributed by atoms with Crippen LogP contribution in [0.2, 0.25) is 0 Å². The molecule has 2 aromatic rings. The lowest BCUT2D eigenvalue weighted by atomic mass is 10.2. The number of alkyl halides is 3. The molecule has 0 unspecified atom stereocenters. The van der Waals surface area contributed by atoms with Crippen LogP contribution < -0.4 is 15.8 Å². The summed E-state index contributed by atoms with van der Waals surface area (Å²) in [6, 6.07) is 0.929. The summed E-state index contributed by atoms with van der Waals surface area (Å²) in [6.45, 7) is 0. The number of nitrogens with two attached hydrogens (primary N) is 1. The standard InChI is InChI=1S/C14H7F7N2OS/c15-6-3-7(16)11(4-10(6)23-13(22)25)24-12-8(17)1-5(2-9(12)18)14(19,20)21/h1-4H,(H3,22,23,25). The topological polar surface area (TPSA) is 47.3 Å². The van der Waals surface area contributed by atoms with Crippen molar-refractivity contribution >= 4 is 23.0 Å². The van der Waals surface area contributed by atoms with Crippen molar-refractivity contribution < 1.29 is 35.5 Å². The Morgan fingerprint density at radius 3 is 1.96 bits per heavy atom. The van der Waals surface area contributed by atoms with E-state index in [1.54, 1.807) is 0 Å². The summed E-state index contributed by atoms with van der Waals surface area (Å²) in [5.74, 6) is -8.09. The van der Waals surface area contributed by atoms with Crippen LogP contribution in [0.4, 0.5) is 36.4 Å². The highest BCUT2D eigenvalue weighted by Crippen LogP contribution is 2.37. The predicted octanol–water partition coefficient (Wildman–Crippen LogP) is 4.71. The first kappa shape index (κ1) is 18.8. The summed E-state index contributed by atoms with van der Waals surface area (Å²) in [5, 5.41) is 1.75. The SMILES string of the molecule is NC(=S)Nc1cc(Oc2c(F)cc(C(F)(F)F)cc2F)c(F)cc1F. The average molecular weight is 384 g/mol. The predicted molar refractivity (Wildman–Crippen MR) is 78.2 cm³/mol. The fourth-order valence-corrected chi connectivity index (χ4v) is 1.88. The van der Waals surface area contributed by atoms with Crippen molar-refractivity contribution in [1.82, 2.24) is 0 Å². The molecule has 2 aromatic carbocycles. The quantitative estimate of drug-likeness (QED) is 0.595. The van der Waals surface area contributed by atoms with Gasteiger partial charge >= 0.3 is 6.18 Å². The highest BCUT2D eigenvalue weighted by Gasteiger charge is 2.33. The summed E-state index contributed by atoms with van der Waals surface area (Å²) >= 11 is 4.47. The van der Waals surface area contributed by atoms with Crippen molar-refractivity contribution in [3.8, 4) is 11.5 Å². The lowest BCUT2D eigenvalue weighted by Crippen LogP contribution is -2.19. The number of thiocarbonyl (C=S) groups is 1. The smallest absolute Gasteiger partial charge is 0.416 e. The minimum absolute atomic E-state index is 0.0198. The Kier molecular flexibility index (Phi) is 5.07. The highest BCUT2D eigenvalue weighted by atomic mass is 32.1. The molecular weight excluding hydrogens is 377 g/mol. The zero-order valence-electron chi connectivity index (χ0n) is 11.8. The summed E-state index contributed by atoms with van der Waals surface area (Å²) in [4.78, 5) is 0. The fourth-order valence-electron chi connectivity index (χ4n) is 1.77. The number of nitrogens with one attached hydrogen (secondary N) is 1. The first-order valence-electron chi connectivity index (χ1n) is 6.28. The molecule has 0 saturated heterocycles. The van der Waals surface area contributed by atoms with Crippen LogP contribution in [-0.2, 0) is 6.18 Å². The van der Waals surface area contributed by atoms with E-state index in [-0.39, 0.29) is 17.2 Å². The normalized spacial score (nSPS) is 11.3. The van der Waals surface area contributed by atoms with Crippen LogP contribution in [0.3, 0.4) is 0 Å². The molecule has 3 nitrogen and oxygen atoms in total. The Labute approximate surface area is 141 Å². The van der Waals surface area contributed by atoms with Crippen LogP contribution in [0.5, 0.6) is 11.5 Å². The Balaban J connectivity index is 2.45. The molecule has 11 heteroatoms. The third-order valence-electron chi connectivity index (χ3n) is 2.82. The van der Waals surface area contributed by atoms with Gasteiger partial charge in [-0.3, -0.25) is 0 Å². The number of hydrogen-bond acceptors (Lipinski definition) is 2. The molecule has 0 aromatic heterocycles. The minimum atomic E-state index is -4.99. The lowest BCUT2D eigenvalue weighted by molar-refractivity contribution is -0.138. The molecule has 0 radical (unpaired) electrons. The van der Waals surface area contributed by atoms with Gasteiger partial charge in [0, 0.05) is 12.1 Å². The Bertz CT molecular complexity index is 816. The number of benzene rings is 2. The van der Waals surface area contributed by atoms with Crippen molar-refractivity contribution in [3.63, 3.8) is 0 Å². The van der Waals surface area contributed by atoms with Crippen LogP contribution in [0.15, 0.2) is 24.3 Å². The van der Waals surface area contributed by atoms with Gasteiger partial charge in [0.15, 0.2) is 34.1 Å². The maximum absolute atomic E-state index is 13.7. The number of hydrogen-bond donors (Lipinski definition) is 2. The second-order valence-electron chi connectivity index (χ2n) is 4.62.